The summed E-state index contributed by atoms with van der Waals surface area (Å²) in [6, 6.07) is 3.90. The predicted octanol–water partition coefficient (Wildman–Crippen LogP) is 4.16. The van der Waals surface area contributed by atoms with Crippen molar-refractivity contribution in [1.82, 2.24) is 0 Å². The van der Waals surface area contributed by atoms with Crippen LogP contribution in [0.4, 0.5) is 11.4 Å². The van der Waals surface area contributed by atoms with Gasteiger partial charge in [-0.1, -0.05) is 15.9 Å². The lowest BCUT2D eigenvalue weighted by Gasteiger charge is -2.26. The summed E-state index contributed by atoms with van der Waals surface area (Å²) in [5.74, 6) is 1.24. The predicted molar refractivity (Wildman–Crippen MR) is 82.9 cm³/mol. The maximum atomic E-state index is 11.2. The molecule has 2 fully saturated rings. The molecule has 0 amide bonds. The highest BCUT2D eigenvalue weighted by atomic mass is 79.9. The van der Waals surface area contributed by atoms with Gasteiger partial charge in [-0.15, -0.1) is 11.8 Å². The van der Waals surface area contributed by atoms with Gasteiger partial charge in [-0.05, 0) is 37.2 Å². The van der Waals surface area contributed by atoms with Crippen molar-refractivity contribution in [1.29, 1.82) is 0 Å². The SMILES string of the molecule is O=[N+]([O-])c1ccc(SC2C3CCC(C3)C2Br)c([N+](=O)[O-])c1. The first kappa shape index (κ1) is 14.8. The maximum absolute atomic E-state index is 11.2. The number of fused-ring (bicyclic) bond motifs is 2. The van der Waals surface area contributed by atoms with Gasteiger partial charge in [-0.3, -0.25) is 20.2 Å². The van der Waals surface area contributed by atoms with Crippen LogP contribution in [0.25, 0.3) is 0 Å². The van der Waals surface area contributed by atoms with Gasteiger partial charge < -0.3 is 0 Å². The van der Waals surface area contributed by atoms with Crippen LogP contribution in [-0.4, -0.2) is 19.9 Å². The molecule has 1 aromatic rings. The first-order valence-corrected chi connectivity index (χ1v) is 8.50. The van der Waals surface area contributed by atoms with Gasteiger partial charge in [0, 0.05) is 16.1 Å². The smallest absolute Gasteiger partial charge is 0.258 e. The molecule has 0 heterocycles. The number of nitrogens with zero attached hydrogens (tertiary/aromatic N) is 2. The minimum absolute atomic E-state index is 0.170. The van der Waals surface area contributed by atoms with Crippen molar-refractivity contribution < 1.29 is 9.85 Å². The molecule has 0 radical (unpaired) electrons. The zero-order chi connectivity index (χ0) is 15.1. The highest BCUT2D eigenvalue weighted by molar-refractivity contribution is 9.09. The number of benzene rings is 1. The highest BCUT2D eigenvalue weighted by Crippen LogP contribution is 2.54. The summed E-state index contributed by atoms with van der Waals surface area (Å²) < 4.78 is 0. The van der Waals surface area contributed by atoms with Crippen LogP contribution in [0.2, 0.25) is 0 Å². The molecule has 0 spiro atoms. The third-order valence-corrected chi connectivity index (χ3v) is 7.57. The van der Waals surface area contributed by atoms with Crippen molar-refractivity contribution in [2.24, 2.45) is 11.8 Å². The van der Waals surface area contributed by atoms with Gasteiger partial charge in [0.05, 0.1) is 20.8 Å². The number of halogens is 1. The van der Waals surface area contributed by atoms with Gasteiger partial charge in [0.1, 0.15) is 0 Å². The van der Waals surface area contributed by atoms with Crippen molar-refractivity contribution >= 4 is 39.1 Å². The molecular weight excluding hydrogens is 360 g/mol. The third kappa shape index (κ3) is 2.66. The second kappa shape index (κ2) is 5.57. The van der Waals surface area contributed by atoms with Gasteiger partial charge in [0.2, 0.25) is 0 Å². The van der Waals surface area contributed by atoms with E-state index in [2.05, 4.69) is 15.9 Å². The topological polar surface area (TPSA) is 86.3 Å². The van der Waals surface area contributed by atoms with Gasteiger partial charge in [0.15, 0.2) is 0 Å². The van der Waals surface area contributed by atoms with E-state index in [0.717, 1.165) is 6.07 Å². The van der Waals surface area contributed by atoms with Crippen molar-refractivity contribution in [3.05, 3.63) is 38.4 Å². The lowest BCUT2D eigenvalue weighted by molar-refractivity contribution is -0.396. The zero-order valence-corrected chi connectivity index (χ0v) is 13.4. The number of non-ortho nitro benzene ring substituents is 1. The second-order valence-electron chi connectivity index (χ2n) is 5.53. The van der Waals surface area contributed by atoms with Gasteiger partial charge in [-0.25, -0.2) is 0 Å². The Morgan fingerprint density at radius 3 is 2.43 bits per heavy atom. The first-order valence-electron chi connectivity index (χ1n) is 6.71. The third-order valence-electron chi connectivity index (χ3n) is 4.36. The minimum atomic E-state index is -0.605. The summed E-state index contributed by atoms with van der Waals surface area (Å²) >= 11 is 5.21. The van der Waals surface area contributed by atoms with E-state index in [0.29, 0.717) is 26.8 Å². The summed E-state index contributed by atoms with van der Waals surface area (Å²) in [5, 5.41) is 22.2. The summed E-state index contributed by atoms with van der Waals surface area (Å²) in [6.45, 7) is 0. The molecule has 2 saturated carbocycles. The Hall–Kier alpha value is -1.15. The monoisotopic (exact) mass is 372 g/mol. The van der Waals surface area contributed by atoms with E-state index < -0.39 is 9.85 Å². The molecule has 6 nitrogen and oxygen atoms in total. The molecule has 2 aliphatic rings. The number of nitro groups is 2. The van der Waals surface area contributed by atoms with E-state index >= 15 is 0 Å². The average molecular weight is 373 g/mol. The summed E-state index contributed by atoms with van der Waals surface area (Å²) in [6.07, 6.45) is 3.57. The lowest BCUT2D eigenvalue weighted by Crippen LogP contribution is -2.24. The highest BCUT2D eigenvalue weighted by Gasteiger charge is 2.47. The molecule has 0 aromatic heterocycles. The van der Waals surface area contributed by atoms with Crippen molar-refractivity contribution in [3.8, 4) is 0 Å². The Labute approximate surface area is 133 Å². The van der Waals surface area contributed by atoms with Crippen molar-refractivity contribution in [2.75, 3.05) is 0 Å². The van der Waals surface area contributed by atoms with Crippen LogP contribution in [0, 0.1) is 32.1 Å². The van der Waals surface area contributed by atoms with Crippen LogP contribution in [0.5, 0.6) is 0 Å². The number of alkyl halides is 1. The fourth-order valence-electron chi connectivity index (χ4n) is 3.34. The fourth-order valence-corrected chi connectivity index (χ4v) is 6.06. The second-order valence-corrected chi connectivity index (χ2v) is 7.80. The molecule has 112 valence electrons. The molecule has 3 rings (SSSR count). The van der Waals surface area contributed by atoms with E-state index in [9.17, 15) is 20.2 Å². The zero-order valence-electron chi connectivity index (χ0n) is 11.0. The number of hydrogen-bond donors (Lipinski definition) is 0. The summed E-state index contributed by atoms with van der Waals surface area (Å²) in [7, 11) is 0. The average Bonchev–Trinajstić information content (AvgIpc) is 3.02. The van der Waals surface area contributed by atoms with Crippen LogP contribution in [0.3, 0.4) is 0 Å². The van der Waals surface area contributed by atoms with Gasteiger partial charge >= 0.3 is 0 Å². The Morgan fingerprint density at radius 1 is 1.14 bits per heavy atom. The molecule has 21 heavy (non-hydrogen) atoms. The first-order chi connectivity index (χ1) is 9.97. The number of hydrogen-bond acceptors (Lipinski definition) is 5. The van der Waals surface area contributed by atoms with E-state index in [1.807, 2.05) is 0 Å². The standard InChI is InChI=1S/C13H13BrN2O4S/c14-12-7-1-2-8(5-7)13(12)21-11-4-3-9(15(17)18)6-10(11)16(19)20/h3-4,6-8,12-13H,1-2,5H2. The van der Waals surface area contributed by atoms with E-state index in [-0.39, 0.29) is 11.4 Å². The van der Waals surface area contributed by atoms with Gasteiger partial charge in [-0.2, -0.15) is 0 Å². The normalized spacial score (nSPS) is 30.5. The van der Waals surface area contributed by atoms with Crippen molar-refractivity contribution in [3.63, 3.8) is 0 Å². The molecule has 2 bridgehead atoms. The Morgan fingerprint density at radius 2 is 1.86 bits per heavy atom. The maximum Gasteiger partial charge on any atom is 0.289 e. The van der Waals surface area contributed by atoms with Gasteiger partial charge in [0.25, 0.3) is 11.4 Å². The van der Waals surface area contributed by atoms with Crippen LogP contribution in [0.15, 0.2) is 23.1 Å². The van der Waals surface area contributed by atoms with E-state index in [4.69, 9.17) is 0 Å². The van der Waals surface area contributed by atoms with E-state index in [1.54, 1.807) is 0 Å². The Balaban J connectivity index is 1.88. The molecule has 4 unspecified atom stereocenters. The fraction of sp³-hybridized carbons (Fsp3) is 0.538. The van der Waals surface area contributed by atoms with Crippen LogP contribution in [-0.2, 0) is 0 Å². The molecule has 1 aromatic carbocycles. The lowest BCUT2D eigenvalue weighted by atomic mass is 10.0. The van der Waals surface area contributed by atoms with E-state index in [1.165, 1.54) is 43.2 Å². The summed E-state index contributed by atoms with van der Waals surface area (Å²) in [5.41, 5.74) is -0.411. The quantitative estimate of drug-likeness (QED) is 0.449. The van der Waals surface area contributed by atoms with Crippen LogP contribution >= 0.6 is 27.7 Å². The molecule has 8 heteroatoms. The number of rotatable bonds is 4. The van der Waals surface area contributed by atoms with Crippen LogP contribution < -0.4 is 0 Å². The Kier molecular flexibility index (Phi) is 3.92. The minimum Gasteiger partial charge on any atom is -0.258 e. The molecule has 0 aliphatic heterocycles. The largest absolute Gasteiger partial charge is 0.289 e. The van der Waals surface area contributed by atoms with Crippen LogP contribution in [0.1, 0.15) is 19.3 Å². The molecule has 0 saturated heterocycles. The molecule has 2 aliphatic carbocycles. The molecular formula is C13H13BrN2O4S. The Bertz CT molecular complexity index is 610. The summed E-state index contributed by atoms with van der Waals surface area (Å²) in [4.78, 5) is 21.7. The van der Waals surface area contributed by atoms with Crippen molar-refractivity contribution in [2.45, 2.75) is 34.2 Å². The molecule has 4 atom stereocenters. The molecule has 0 N–H and O–H groups in total. The number of thioether (sulfide) groups is 1. The number of nitro benzene ring substituents is 2.